The van der Waals surface area contributed by atoms with E-state index in [1.54, 1.807) is 6.92 Å². The maximum absolute atomic E-state index is 11.3. The molecule has 1 unspecified atom stereocenters. The standard InChI is InChI=1S/C30H32N2O5/c1-5-27(30(33)34)37-28-15-12-22(16-20(28)3)17-24-8-6-7-9-25(24)32-35-18-26-21(4)36-29(31-26)23-13-10-19(2)11-14-23/h6-8,10-16,27H,5,9,17-18H2,1-4H3,(H,33,34). The van der Waals surface area contributed by atoms with E-state index in [9.17, 15) is 9.90 Å². The molecule has 0 saturated heterocycles. The average Bonchev–Trinajstić information content (AvgIpc) is 3.25. The number of hydrogen-bond donors (Lipinski definition) is 1. The third kappa shape index (κ3) is 6.55. The van der Waals surface area contributed by atoms with Gasteiger partial charge in [-0.3, -0.25) is 0 Å². The molecule has 0 aliphatic heterocycles. The normalized spacial score (nSPS) is 14.9. The van der Waals surface area contributed by atoms with Crippen molar-refractivity contribution in [2.75, 3.05) is 0 Å². The van der Waals surface area contributed by atoms with Crippen LogP contribution >= 0.6 is 0 Å². The van der Waals surface area contributed by atoms with Crippen molar-refractivity contribution in [3.8, 4) is 17.2 Å². The van der Waals surface area contributed by atoms with Gasteiger partial charge in [0, 0.05) is 12.0 Å². The van der Waals surface area contributed by atoms with Gasteiger partial charge >= 0.3 is 5.97 Å². The van der Waals surface area contributed by atoms with E-state index in [-0.39, 0.29) is 6.61 Å². The molecule has 37 heavy (non-hydrogen) atoms. The number of aliphatic carboxylic acids is 1. The van der Waals surface area contributed by atoms with E-state index in [1.807, 2.05) is 81.5 Å². The number of oxazole rings is 1. The number of rotatable bonds is 10. The van der Waals surface area contributed by atoms with Gasteiger partial charge in [0.15, 0.2) is 12.7 Å². The third-order valence-electron chi connectivity index (χ3n) is 6.23. The van der Waals surface area contributed by atoms with Gasteiger partial charge in [-0.05, 0) is 68.5 Å². The zero-order chi connectivity index (χ0) is 26.4. The average molecular weight is 501 g/mol. The number of hydrogen-bond acceptors (Lipinski definition) is 6. The van der Waals surface area contributed by atoms with Crippen molar-refractivity contribution >= 4 is 11.7 Å². The molecule has 192 valence electrons. The molecule has 7 nitrogen and oxygen atoms in total. The van der Waals surface area contributed by atoms with E-state index in [2.05, 4.69) is 10.1 Å². The van der Waals surface area contributed by atoms with Gasteiger partial charge < -0.3 is 19.1 Å². The molecule has 0 spiro atoms. The number of allylic oxidation sites excluding steroid dienone is 4. The summed E-state index contributed by atoms with van der Waals surface area (Å²) in [5.74, 6) is 0.904. The van der Waals surface area contributed by atoms with Crippen LogP contribution in [0.3, 0.4) is 0 Å². The van der Waals surface area contributed by atoms with E-state index >= 15 is 0 Å². The van der Waals surface area contributed by atoms with Gasteiger partial charge in [-0.1, -0.05) is 60.1 Å². The van der Waals surface area contributed by atoms with E-state index in [1.165, 1.54) is 5.56 Å². The zero-order valence-corrected chi connectivity index (χ0v) is 21.7. The van der Waals surface area contributed by atoms with Gasteiger partial charge in [0.05, 0.1) is 5.71 Å². The topological polar surface area (TPSA) is 94.2 Å². The van der Waals surface area contributed by atoms with Crippen LogP contribution in [0.4, 0.5) is 0 Å². The number of carboxylic acids is 1. The van der Waals surface area contributed by atoms with Gasteiger partial charge in [-0.15, -0.1) is 0 Å². The van der Waals surface area contributed by atoms with Gasteiger partial charge in [-0.25, -0.2) is 9.78 Å². The Morgan fingerprint density at radius 2 is 1.95 bits per heavy atom. The summed E-state index contributed by atoms with van der Waals surface area (Å²) in [5, 5.41) is 13.7. The van der Waals surface area contributed by atoms with Gasteiger partial charge in [0.1, 0.15) is 17.2 Å². The van der Waals surface area contributed by atoms with Crippen LogP contribution in [0.1, 0.15) is 47.9 Å². The molecule has 0 radical (unpaired) electrons. The number of aryl methyl sites for hydroxylation is 3. The maximum atomic E-state index is 11.3. The monoisotopic (exact) mass is 500 g/mol. The first-order valence-corrected chi connectivity index (χ1v) is 12.4. The molecule has 2 aromatic carbocycles. The minimum Gasteiger partial charge on any atom is -0.479 e. The summed E-state index contributed by atoms with van der Waals surface area (Å²) in [6, 6.07) is 13.9. The van der Waals surface area contributed by atoms with Crippen LogP contribution < -0.4 is 4.74 Å². The first-order valence-electron chi connectivity index (χ1n) is 12.4. The Morgan fingerprint density at radius 1 is 1.16 bits per heavy atom. The van der Waals surface area contributed by atoms with Crippen LogP contribution in [0.15, 0.2) is 75.8 Å². The summed E-state index contributed by atoms with van der Waals surface area (Å²) in [6.07, 6.45) is 7.00. The smallest absolute Gasteiger partial charge is 0.344 e. The lowest BCUT2D eigenvalue weighted by molar-refractivity contribution is -0.145. The second-order valence-corrected chi connectivity index (χ2v) is 9.15. The second-order valence-electron chi connectivity index (χ2n) is 9.15. The Kier molecular flexibility index (Phi) is 8.23. The Hall–Kier alpha value is -4.13. The molecule has 0 saturated carbocycles. The second kappa shape index (κ2) is 11.7. The Labute approximate surface area is 217 Å². The molecule has 0 amide bonds. The first-order chi connectivity index (χ1) is 17.8. The number of benzene rings is 2. The summed E-state index contributed by atoms with van der Waals surface area (Å²) in [7, 11) is 0. The number of oxime groups is 1. The summed E-state index contributed by atoms with van der Waals surface area (Å²) >= 11 is 0. The fraction of sp³-hybridized carbons (Fsp3) is 0.300. The number of aromatic nitrogens is 1. The Bertz CT molecular complexity index is 1350. The van der Waals surface area contributed by atoms with Gasteiger partial charge in [0.2, 0.25) is 5.89 Å². The largest absolute Gasteiger partial charge is 0.479 e. The lowest BCUT2D eigenvalue weighted by atomic mass is 9.95. The minimum absolute atomic E-state index is 0.217. The van der Waals surface area contributed by atoms with Crippen molar-refractivity contribution in [3.05, 3.63) is 94.4 Å². The molecule has 1 heterocycles. The fourth-order valence-corrected chi connectivity index (χ4v) is 4.04. The van der Waals surface area contributed by atoms with E-state index in [4.69, 9.17) is 14.0 Å². The molecule has 3 aromatic rings. The first kappa shape index (κ1) is 25.9. The lowest BCUT2D eigenvalue weighted by Crippen LogP contribution is -2.26. The minimum atomic E-state index is -0.960. The van der Waals surface area contributed by atoms with E-state index < -0.39 is 12.1 Å². The molecule has 1 N–H and O–H groups in total. The summed E-state index contributed by atoms with van der Waals surface area (Å²) in [5.41, 5.74) is 6.72. The van der Waals surface area contributed by atoms with Gasteiger partial charge in [0.25, 0.3) is 0 Å². The van der Waals surface area contributed by atoms with Gasteiger partial charge in [-0.2, -0.15) is 0 Å². The molecule has 7 heteroatoms. The summed E-state index contributed by atoms with van der Waals surface area (Å²) < 4.78 is 11.5. The highest BCUT2D eigenvalue weighted by atomic mass is 16.6. The molecular weight excluding hydrogens is 468 g/mol. The fourth-order valence-electron chi connectivity index (χ4n) is 4.04. The van der Waals surface area contributed by atoms with Crippen molar-refractivity contribution in [2.45, 2.75) is 59.7 Å². The zero-order valence-electron chi connectivity index (χ0n) is 21.7. The number of nitrogens with zero attached hydrogens (tertiary/aromatic N) is 2. The predicted octanol–water partition coefficient (Wildman–Crippen LogP) is 6.51. The van der Waals surface area contributed by atoms with Crippen LogP contribution in [0.2, 0.25) is 0 Å². The molecule has 4 rings (SSSR count). The molecular formula is C30H32N2O5. The van der Waals surface area contributed by atoms with E-state index in [0.717, 1.165) is 33.7 Å². The summed E-state index contributed by atoms with van der Waals surface area (Å²) in [4.78, 5) is 21.6. The molecule has 1 atom stereocenters. The van der Waals surface area contributed by atoms with E-state index in [0.29, 0.717) is 36.7 Å². The van der Waals surface area contributed by atoms with Crippen LogP contribution in [-0.2, 0) is 22.7 Å². The highest BCUT2D eigenvalue weighted by Gasteiger charge is 2.18. The number of carboxylic acid groups (broad SMARTS) is 1. The molecule has 0 fully saturated rings. The quantitative estimate of drug-likeness (QED) is 0.319. The van der Waals surface area contributed by atoms with Crippen molar-refractivity contribution in [1.82, 2.24) is 4.98 Å². The van der Waals surface area contributed by atoms with Crippen molar-refractivity contribution in [3.63, 3.8) is 0 Å². The van der Waals surface area contributed by atoms with Crippen LogP contribution in [0.25, 0.3) is 11.5 Å². The predicted molar refractivity (Wildman–Crippen MR) is 143 cm³/mol. The highest BCUT2D eigenvalue weighted by molar-refractivity contribution is 6.02. The SMILES string of the molecule is CCC(Oc1ccc(CC2=CC=CCC2=NOCc2nc(-c3ccc(C)cc3)oc2C)cc1C)C(=O)O. The Morgan fingerprint density at radius 3 is 2.65 bits per heavy atom. The molecule has 0 bridgehead atoms. The molecule has 1 aliphatic rings. The van der Waals surface area contributed by atoms with Crippen molar-refractivity contribution in [1.29, 1.82) is 0 Å². The molecule has 1 aromatic heterocycles. The number of carbonyl (C=O) groups is 1. The maximum Gasteiger partial charge on any atom is 0.344 e. The van der Waals surface area contributed by atoms with Crippen molar-refractivity contribution < 1.29 is 23.9 Å². The highest BCUT2D eigenvalue weighted by Crippen LogP contribution is 2.25. The van der Waals surface area contributed by atoms with Crippen molar-refractivity contribution in [2.24, 2.45) is 5.16 Å². The molecule has 1 aliphatic carbocycles. The van der Waals surface area contributed by atoms with Crippen LogP contribution in [0.5, 0.6) is 5.75 Å². The summed E-state index contributed by atoms with van der Waals surface area (Å²) in [6.45, 7) is 7.85. The Balaban J connectivity index is 1.41. The van der Waals surface area contributed by atoms with Crippen LogP contribution in [-0.4, -0.2) is 27.9 Å². The third-order valence-corrected chi connectivity index (χ3v) is 6.23. The lowest BCUT2D eigenvalue weighted by Gasteiger charge is -2.17. The van der Waals surface area contributed by atoms with Crippen LogP contribution in [0, 0.1) is 20.8 Å². The number of ether oxygens (including phenoxy) is 1.